The van der Waals surface area contributed by atoms with Gasteiger partial charge in [0, 0.05) is 5.41 Å². The molecule has 6 heteroatoms. The minimum Gasteiger partial charge on any atom is -0.434 e. The second-order valence-electron chi connectivity index (χ2n) is 4.14. The van der Waals surface area contributed by atoms with Crippen molar-refractivity contribution in [2.24, 2.45) is 5.41 Å². The van der Waals surface area contributed by atoms with E-state index in [0.29, 0.717) is 6.42 Å². The predicted molar refractivity (Wildman–Crippen MR) is 46.2 cm³/mol. The van der Waals surface area contributed by atoms with Crippen LogP contribution < -0.4 is 0 Å². The number of rotatable bonds is 2. The SMILES string of the molecule is CC1(CC2COC(=O)O2)COC(=O)OC1. The molecule has 2 fully saturated rings. The van der Waals surface area contributed by atoms with Gasteiger partial charge in [-0.05, 0) is 6.42 Å². The first-order valence-corrected chi connectivity index (χ1v) is 4.70. The van der Waals surface area contributed by atoms with Crippen LogP contribution in [0.25, 0.3) is 0 Å². The van der Waals surface area contributed by atoms with E-state index in [1.165, 1.54) is 0 Å². The topological polar surface area (TPSA) is 71.1 Å². The summed E-state index contributed by atoms with van der Waals surface area (Å²) in [5, 5.41) is 0. The molecule has 0 N–H and O–H groups in total. The smallest absolute Gasteiger partial charge is 0.434 e. The second kappa shape index (κ2) is 3.60. The highest BCUT2D eigenvalue weighted by Crippen LogP contribution is 2.30. The molecule has 2 heterocycles. The Morgan fingerprint density at radius 3 is 2.40 bits per heavy atom. The van der Waals surface area contributed by atoms with Gasteiger partial charge in [-0.2, -0.15) is 0 Å². The largest absolute Gasteiger partial charge is 0.508 e. The normalized spacial score (nSPS) is 28.7. The highest BCUT2D eigenvalue weighted by atomic mass is 16.8. The molecule has 15 heavy (non-hydrogen) atoms. The van der Waals surface area contributed by atoms with Crippen molar-refractivity contribution in [1.82, 2.24) is 0 Å². The minimum absolute atomic E-state index is 0.252. The van der Waals surface area contributed by atoms with Crippen LogP contribution in [0.15, 0.2) is 0 Å². The zero-order chi connectivity index (χ0) is 10.9. The Morgan fingerprint density at radius 1 is 1.20 bits per heavy atom. The van der Waals surface area contributed by atoms with E-state index in [-0.39, 0.29) is 31.3 Å². The molecule has 0 spiro atoms. The van der Waals surface area contributed by atoms with E-state index in [2.05, 4.69) is 4.74 Å². The molecule has 1 unspecified atom stereocenters. The van der Waals surface area contributed by atoms with Crippen molar-refractivity contribution in [2.75, 3.05) is 19.8 Å². The molecule has 6 nitrogen and oxygen atoms in total. The highest BCUT2D eigenvalue weighted by molar-refractivity contribution is 5.62. The first-order chi connectivity index (χ1) is 7.07. The number of carbonyl (C=O) groups excluding carboxylic acids is 2. The summed E-state index contributed by atoms with van der Waals surface area (Å²) in [5.41, 5.74) is -0.313. The fraction of sp³-hybridized carbons (Fsp3) is 0.778. The average molecular weight is 216 g/mol. The Hall–Kier alpha value is -1.46. The molecule has 0 bridgehead atoms. The molecule has 2 saturated heterocycles. The summed E-state index contributed by atoms with van der Waals surface area (Å²) in [7, 11) is 0. The Kier molecular flexibility index (Phi) is 2.42. The second-order valence-corrected chi connectivity index (χ2v) is 4.14. The van der Waals surface area contributed by atoms with Crippen LogP contribution in [-0.4, -0.2) is 38.2 Å². The average Bonchev–Trinajstić information content (AvgIpc) is 2.57. The van der Waals surface area contributed by atoms with Crippen molar-refractivity contribution >= 4 is 12.3 Å². The molecule has 1 atom stereocenters. The number of cyclic esters (lactones) is 4. The van der Waals surface area contributed by atoms with Gasteiger partial charge in [-0.3, -0.25) is 0 Å². The van der Waals surface area contributed by atoms with Gasteiger partial charge in [0.2, 0.25) is 0 Å². The van der Waals surface area contributed by atoms with E-state index in [9.17, 15) is 9.59 Å². The first kappa shape index (κ1) is 10.1. The number of carbonyl (C=O) groups is 2. The molecule has 2 rings (SSSR count). The van der Waals surface area contributed by atoms with Gasteiger partial charge in [0.15, 0.2) is 0 Å². The van der Waals surface area contributed by atoms with Crippen LogP contribution in [0, 0.1) is 5.41 Å². The maximum absolute atomic E-state index is 10.7. The van der Waals surface area contributed by atoms with Gasteiger partial charge in [0.05, 0.1) is 0 Å². The quantitative estimate of drug-likeness (QED) is 0.643. The molecule has 0 aromatic heterocycles. The number of ether oxygens (including phenoxy) is 4. The van der Waals surface area contributed by atoms with Crippen molar-refractivity contribution in [3.63, 3.8) is 0 Å². The van der Waals surface area contributed by atoms with Crippen LogP contribution in [0.2, 0.25) is 0 Å². The van der Waals surface area contributed by atoms with Crippen molar-refractivity contribution < 1.29 is 28.5 Å². The van der Waals surface area contributed by atoms with Crippen LogP contribution in [0.1, 0.15) is 13.3 Å². The van der Waals surface area contributed by atoms with E-state index < -0.39 is 12.3 Å². The maximum Gasteiger partial charge on any atom is 0.508 e. The lowest BCUT2D eigenvalue weighted by molar-refractivity contribution is -0.0664. The molecule has 0 aromatic rings. The van der Waals surface area contributed by atoms with Gasteiger partial charge in [-0.15, -0.1) is 0 Å². The third-order valence-electron chi connectivity index (χ3n) is 2.45. The fourth-order valence-electron chi connectivity index (χ4n) is 1.68. The Labute approximate surface area is 86.4 Å². The minimum atomic E-state index is -0.646. The van der Waals surface area contributed by atoms with Gasteiger partial charge in [-0.25, -0.2) is 9.59 Å². The lowest BCUT2D eigenvalue weighted by atomic mass is 9.86. The van der Waals surface area contributed by atoms with Crippen molar-refractivity contribution in [2.45, 2.75) is 19.4 Å². The summed E-state index contributed by atoms with van der Waals surface area (Å²) in [6, 6.07) is 0. The van der Waals surface area contributed by atoms with Crippen molar-refractivity contribution in [1.29, 1.82) is 0 Å². The van der Waals surface area contributed by atoms with Crippen LogP contribution in [0.4, 0.5) is 9.59 Å². The van der Waals surface area contributed by atoms with E-state index in [1.54, 1.807) is 0 Å². The summed E-state index contributed by atoms with van der Waals surface area (Å²) < 4.78 is 19.1. The third-order valence-corrected chi connectivity index (χ3v) is 2.45. The molecule has 0 radical (unpaired) electrons. The molecule has 0 aliphatic carbocycles. The van der Waals surface area contributed by atoms with Crippen LogP contribution >= 0.6 is 0 Å². The summed E-state index contributed by atoms with van der Waals surface area (Å²) in [6.45, 7) is 2.72. The summed E-state index contributed by atoms with van der Waals surface area (Å²) >= 11 is 0. The molecule has 2 aliphatic rings. The third kappa shape index (κ3) is 2.31. The molecule has 0 saturated carbocycles. The van der Waals surface area contributed by atoms with Crippen molar-refractivity contribution in [3.8, 4) is 0 Å². The Balaban J connectivity index is 1.87. The van der Waals surface area contributed by atoms with Crippen LogP contribution in [0.3, 0.4) is 0 Å². The molecule has 0 aromatic carbocycles. The van der Waals surface area contributed by atoms with Gasteiger partial charge in [0.25, 0.3) is 0 Å². The van der Waals surface area contributed by atoms with Gasteiger partial charge in [-0.1, -0.05) is 6.92 Å². The Bertz CT molecular complexity index is 276. The standard InChI is InChI=1S/C9H12O6/c1-9(4-13-7(10)14-5-9)2-6-3-12-8(11)15-6/h6H,2-5H2,1H3. The van der Waals surface area contributed by atoms with E-state index in [0.717, 1.165) is 0 Å². The van der Waals surface area contributed by atoms with E-state index in [4.69, 9.17) is 14.2 Å². The monoisotopic (exact) mass is 216 g/mol. The molecule has 2 aliphatic heterocycles. The highest BCUT2D eigenvalue weighted by Gasteiger charge is 2.39. The maximum atomic E-state index is 10.7. The first-order valence-electron chi connectivity index (χ1n) is 4.70. The van der Waals surface area contributed by atoms with Gasteiger partial charge < -0.3 is 18.9 Å². The zero-order valence-corrected chi connectivity index (χ0v) is 8.36. The molecule has 0 amide bonds. The number of hydrogen-bond donors (Lipinski definition) is 0. The number of hydrogen-bond acceptors (Lipinski definition) is 6. The fourth-order valence-corrected chi connectivity index (χ4v) is 1.68. The molecular formula is C9H12O6. The summed E-state index contributed by atoms with van der Waals surface area (Å²) in [6.07, 6.45) is -1.00. The zero-order valence-electron chi connectivity index (χ0n) is 8.36. The predicted octanol–water partition coefficient (Wildman–Crippen LogP) is 1.08. The van der Waals surface area contributed by atoms with Gasteiger partial charge >= 0.3 is 12.3 Å². The van der Waals surface area contributed by atoms with Crippen LogP contribution in [0.5, 0.6) is 0 Å². The summed E-state index contributed by atoms with van der Waals surface area (Å²) in [5.74, 6) is 0. The lowest BCUT2D eigenvalue weighted by Gasteiger charge is -2.32. The molecular weight excluding hydrogens is 204 g/mol. The van der Waals surface area contributed by atoms with Gasteiger partial charge in [0.1, 0.15) is 25.9 Å². The lowest BCUT2D eigenvalue weighted by Crippen LogP contribution is -2.39. The Morgan fingerprint density at radius 2 is 1.87 bits per heavy atom. The van der Waals surface area contributed by atoms with Crippen LogP contribution in [-0.2, 0) is 18.9 Å². The summed E-state index contributed by atoms with van der Waals surface area (Å²) in [4.78, 5) is 21.4. The molecule has 84 valence electrons. The van der Waals surface area contributed by atoms with E-state index in [1.807, 2.05) is 6.92 Å². The van der Waals surface area contributed by atoms with Crippen molar-refractivity contribution in [3.05, 3.63) is 0 Å². The van der Waals surface area contributed by atoms with E-state index >= 15 is 0 Å².